The van der Waals surface area contributed by atoms with Crippen molar-refractivity contribution in [3.63, 3.8) is 0 Å². The molecule has 1 rings (SSSR count). The number of rotatable bonds is 1. The molecule has 1 aliphatic heterocycles. The molecule has 0 aliphatic carbocycles. The Morgan fingerprint density at radius 2 is 2.50 bits per heavy atom. The van der Waals surface area contributed by atoms with E-state index < -0.39 is 5.97 Å². The molecule has 3 heteroatoms. The van der Waals surface area contributed by atoms with Gasteiger partial charge in [0.2, 0.25) is 0 Å². The van der Waals surface area contributed by atoms with E-state index in [4.69, 9.17) is 0 Å². The highest BCUT2D eigenvalue weighted by molar-refractivity contribution is 5.85. The first-order valence-electron chi connectivity index (χ1n) is 3.01. The summed E-state index contributed by atoms with van der Waals surface area (Å²) < 4.78 is 0. The molecule has 54 valence electrons. The zero-order valence-corrected chi connectivity index (χ0v) is 5.70. The summed E-state index contributed by atoms with van der Waals surface area (Å²) in [5.41, 5.74) is 0.324. The van der Waals surface area contributed by atoms with Gasteiger partial charge in [-0.1, -0.05) is 6.08 Å². The molecule has 0 unspecified atom stereocenters. The first-order chi connectivity index (χ1) is 4.70. The molecule has 0 fully saturated rings. The van der Waals surface area contributed by atoms with Gasteiger partial charge in [0.05, 0.1) is 5.97 Å². The second-order valence-electron chi connectivity index (χ2n) is 2.20. The minimum atomic E-state index is -1.09. The number of carbonyl (C=O) groups is 1. The van der Waals surface area contributed by atoms with Gasteiger partial charge in [0, 0.05) is 13.2 Å². The molecule has 0 aromatic rings. The molecule has 0 bridgehead atoms. The highest BCUT2D eigenvalue weighted by Gasteiger charge is 2.00. The van der Waals surface area contributed by atoms with Crippen LogP contribution in [0.3, 0.4) is 0 Å². The van der Waals surface area contributed by atoms with Gasteiger partial charge in [-0.3, -0.25) is 0 Å². The van der Waals surface area contributed by atoms with Crippen LogP contribution in [-0.2, 0) is 4.79 Å². The number of nitrogens with zero attached hydrogens (tertiary/aromatic N) is 1. The van der Waals surface area contributed by atoms with Crippen LogP contribution in [0.25, 0.3) is 0 Å². The molecule has 0 saturated heterocycles. The molecular formula is C7H8NO2-. The second-order valence-corrected chi connectivity index (χ2v) is 2.20. The lowest BCUT2D eigenvalue weighted by molar-refractivity contribution is -0.299. The molecule has 3 nitrogen and oxygen atoms in total. The van der Waals surface area contributed by atoms with Crippen LogP contribution in [0.2, 0.25) is 0 Å². The number of allylic oxidation sites excluding steroid dienone is 1. The lowest BCUT2D eigenvalue weighted by Crippen LogP contribution is -2.26. The average molecular weight is 138 g/mol. The van der Waals surface area contributed by atoms with E-state index in [1.165, 1.54) is 0 Å². The van der Waals surface area contributed by atoms with E-state index in [0.29, 0.717) is 12.0 Å². The summed E-state index contributed by atoms with van der Waals surface area (Å²) >= 11 is 0. The first kappa shape index (κ1) is 6.86. The molecule has 1 aliphatic rings. The van der Waals surface area contributed by atoms with E-state index in [1.54, 1.807) is 24.2 Å². The SMILES string of the molecule is CN1C=CCC(C(=O)[O-])=C1. The Labute approximate surface area is 59.3 Å². The maximum atomic E-state index is 10.3. The summed E-state index contributed by atoms with van der Waals surface area (Å²) in [6, 6.07) is 0. The largest absolute Gasteiger partial charge is 0.545 e. The van der Waals surface area contributed by atoms with Gasteiger partial charge < -0.3 is 14.8 Å². The number of carboxylic acids is 1. The predicted octanol–water partition coefficient (Wildman–Crippen LogP) is -0.531. The third kappa shape index (κ3) is 1.37. The van der Waals surface area contributed by atoms with Crippen molar-refractivity contribution in [1.82, 2.24) is 4.90 Å². The van der Waals surface area contributed by atoms with Gasteiger partial charge >= 0.3 is 0 Å². The number of carbonyl (C=O) groups excluding carboxylic acids is 1. The Balaban J connectivity index is 2.71. The van der Waals surface area contributed by atoms with Crippen LogP contribution in [0.5, 0.6) is 0 Å². The van der Waals surface area contributed by atoms with Gasteiger partial charge in [0.15, 0.2) is 0 Å². The first-order valence-corrected chi connectivity index (χ1v) is 3.01. The van der Waals surface area contributed by atoms with Crippen LogP contribution in [0.1, 0.15) is 6.42 Å². The minimum Gasteiger partial charge on any atom is -0.545 e. The molecule has 0 radical (unpaired) electrons. The Morgan fingerprint density at radius 1 is 1.80 bits per heavy atom. The highest BCUT2D eigenvalue weighted by atomic mass is 16.4. The monoisotopic (exact) mass is 138 g/mol. The van der Waals surface area contributed by atoms with Gasteiger partial charge in [-0.25, -0.2) is 0 Å². The van der Waals surface area contributed by atoms with Gasteiger partial charge in [-0.05, 0) is 18.2 Å². The van der Waals surface area contributed by atoms with Crippen LogP contribution in [0, 0.1) is 0 Å². The van der Waals surface area contributed by atoms with Gasteiger partial charge in [-0.2, -0.15) is 0 Å². The van der Waals surface area contributed by atoms with Crippen molar-refractivity contribution in [2.45, 2.75) is 6.42 Å². The Morgan fingerprint density at radius 3 is 2.90 bits per heavy atom. The van der Waals surface area contributed by atoms with Crippen LogP contribution in [0.4, 0.5) is 0 Å². The molecule has 0 atom stereocenters. The van der Waals surface area contributed by atoms with Crippen LogP contribution in [0.15, 0.2) is 24.0 Å². The summed E-state index contributed by atoms with van der Waals surface area (Å²) in [7, 11) is 1.78. The third-order valence-corrected chi connectivity index (χ3v) is 1.30. The van der Waals surface area contributed by atoms with Gasteiger partial charge in [0.25, 0.3) is 0 Å². The van der Waals surface area contributed by atoms with E-state index in [9.17, 15) is 9.90 Å². The minimum absolute atomic E-state index is 0.324. The molecule has 1 heterocycles. The molecule has 0 saturated carbocycles. The van der Waals surface area contributed by atoms with E-state index in [-0.39, 0.29) is 0 Å². The standard InChI is InChI=1S/C7H9NO2/c1-8-4-2-3-6(5-8)7(9)10/h2,4-5H,3H2,1H3,(H,9,10)/p-1. The topological polar surface area (TPSA) is 43.4 Å². The fraction of sp³-hybridized carbons (Fsp3) is 0.286. The van der Waals surface area contributed by atoms with Crippen molar-refractivity contribution >= 4 is 5.97 Å². The summed E-state index contributed by atoms with van der Waals surface area (Å²) in [6.45, 7) is 0. The zero-order chi connectivity index (χ0) is 7.56. The van der Waals surface area contributed by atoms with Crippen LogP contribution >= 0.6 is 0 Å². The van der Waals surface area contributed by atoms with Crippen molar-refractivity contribution < 1.29 is 9.90 Å². The van der Waals surface area contributed by atoms with Gasteiger partial charge in [-0.15, -0.1) is 0 Å². The summed E-state index contributed by atoms with van der Waals surface area (Å²) in [6.07, 6.45) is 5.61. The van der Waals surface area contributed by atoms with Crippen molar-refractivity contribution in [2.24, 2.45) is 0 Å². The fourth-order valence-electron chi connectivity index (χ4n) is 0.824. The summed E-state index contributed by atoms with van der Waals surface area (Å²) in [4.78, 5) is 11.9. The maximum absolute atomic E-state index is 10.3. The lowest BCUT2D eigenvalue weighted by Gasteiger charge is -2.16. The smallest absolute Gasteiger partial charge is 0.0692 e. The molecular weight excluding hydrogens is 130 g/mol. The summed E-state index contributed by atoms with van der Waals surface area (Å²) in [5.74, 6) is -1.09. The van der Waals surface area contributed by atoms with Crippen molar-refractivity contribution in [1.29, 1.82) is 0 Å². The number of hydrogen-bond donors (Lipinski definition) is 0. The summed E-state index contributed by atoms with van der Waals surface area (Å²) in [5, 5.41) is 10.3. The molecule has 10 heavy (non-hydrogen) atoms. The Bertz CT molecular complexity index is 206. The van der Waals surface area contributed by atoms with Crippen molar-refractivity contribution in [3.05, 3.63) is 24.0 Å². The molecule has 0 amide bonds. The Hall–Kier alpha value is -1.25. The number of aliphatic carboxylic acids is 1. The van der Waals surface area contributed by atoms with Crippen molar-refractivity contribution in [3.8, 4) is 0 Å². The molecule has 0 aromatic carbocycles. The third-order valence-electron chi connectivity index (χ3n) is 1.30. The maximum Gasteiger partial charge on any atom is 0.0692 e. The molecule has 0 spiro atoms. The average Bonchev–Trinajstić information content (AvgIpc) is 1.88. The van der Waals surface area contributed by atoms with E-state index in [2.05, 4.69) is 0 Å². The number of hydrogen-bond acceptors (Lipinski definition) is 3. The predicted molar refractivity (Wildman–Crippen MR) is 34.6 cm³/mol. The van der Waals surface area contributed by atoms with Crippen LogP contribution < -0.4 is 5.11 Å². The van der Waals surface area contributed by atoms with E-state index in [1.807, 2.05) is 6.20 Å². The molecule has 0 aromatic heterocycles. The van der Waals surface area contributed by atoms with E-state index in [0.717, 1.165) is 0 Å². The number of carboxylic acid groups (broad SMARTS) is 1. The van der Waals surface area contributed by atoms with Gasteiger partial charge in [0.1, 0.15) is 0 Å². The normalized spacial score (nSPS) is 16.9. The lowest BCUT2D eigenvalue weighted by atomic mass is 10.2. The second kappa shape index (κ2) is 2.56. The van der Waals surface area contributed by atoms with E-state index >= 15 is 0 Å². The fourth-order valence-corrected chi connectivity index (χ4v) is 0.824. The molecule has 0 N–H and O–H groups in total. The van der Waals surface area contributed by atoms with Crippen molar-refractivity contribution in [2.75, 3.05) is 7.05 Å². The Kier molecular flexibility index (Phi) is 1.76. The highest BCUT2D eigenvalue weighted by Crippen LogP contribution is 2.08. The quantitative estimate of drug-likeness (QED) is 0.489. The van der Waals surface area contributed by atoms with Crippen LogP contribution in [-0.4, -0.2) is 17.9 Å². The zero-order valence-electron chi connectivity index (χ0n) is 5.70.